The quantitative estimate of drug-likeness (QED) is 0.463. The van der Waals surface area contributed by atoms with Crippen LogP contribution in [-0.4, -0.2) is 0 Å². The van der Waals surface area contributed by atoms with E-state index in [1.54, 1.807) is 6.20 Å². The highest BCUT2D eigenvalue weighted by atomic mass is 15.1. The van der Waals surface area contributed by atoms with Crippen molar-refractivity contribution in [1.82, 2.24) is 10.6 Å². The minimum atomic E-state index is 0.753. The van der Waals surface area contributed by atoms with E-state index >= 15 is 0 Å². The van der Waals surface area contributed by atoms with E-state index in [0.717, 1.165) is 11.5 Å². The van der Waals surface area contributed by atoms with Crippen LogP contribution in [0, 0.1) is 0 Å². The Balaban J connectivity index is 2.83. The first-order valence-electron chi connectivity index (χ1n) is 2.62. The average Bonchev–Trinajstić information content (AvgIpc) is 1.88. The Kier molecular flexibility index (Phi) is 1.43. The Bertz CT molecular complexity index is 207. The Labute approximate surface area is 54.3 Å². The first-order chi connectivity index (χ1) is 4.33. The van der Waals surface area contributed by atoms with E-state index in [9.17, 15) is 0 Å². The summed E-state index contributed by atoms with van der Waals surface area (Å²) in [5.41, 5.74) is 3.55. The summed E-state index contributed by atoms with van der Waals surface area (Å²) in [5.74, 6) is 0.753. The lowest BCUT2D eigenvalue weighted by Crippen LogP contribution is -2.24. The number of rotatable bonds is 0. The molecule has 0 atom stereocenters. The number of nitrogens with one attached hydrogen (secondary N) is 2. The highest BCUT2D eigenvalue weighted by Gasteiger charge is 1.96. The molecule has 46 valence electrons. The molecule has 0 aromatic heterocycles. The molecule has 0 amide bonds. The van der Waals surface area contributed by atoms with Crippen LogP contribution in [0.2, 0.25) is 0 Å². The number of hydrogen-bond donors (Lipinski definition) is 2. The van der Waals surface area contributed by atoms with Crippen LogP contribution in [0.5, 0.6) is 0 Å². The maximum absolute atomic E-state index is 3.65. The fourth-order valence-corrected chi connectivity index (χ4v) is 0.569. The van der Waals surface area contributed by atoms with E-state index in [1.165, 1.54) is 0 Å². The third-order valence-electron chi connectivity index (χ3n) is 0.984. The van der Waals surface area contributed by atoms with E-state index in [2.05, 4.69) is 29.5 Å². The molecule has 0 fully saturated rings. The number of allylic oxidation sites excluding steroid dienone is 1. The molecule has 1 aliphatic heterocycles. The monoisotopic (exact) mass is 120 g/mol. The minimum absolute atomic E-state index is 0.753. The van der Waals surface area contributed by atoms with Crippen molar-refractivity contribution >= 4 is 0 Å². The van der Waals surface area contributed by atoms with Gasteiger partial charge in [-0.1, -0.05) is 13.2 Å². The molecule has 0 saturated heterocycles. The van der Waals surface area contributed by atoms with Crippen molar-refractivity contribution in [2.24, 2.45) is 0 Å². The van der Waals surface area contributed by atoms with Gasteiger partial charge in [-0.15, -0.1) is 5.73 Å². The predicted molar refractivity (Wildman–Crippen MR) is 37.2 cm³/mol. The Morgan fingerprint density at radius 3 is 2.78 bits per heavy atom. The van der Waals surface area contributed by atoms with Gasteiger partial charge in [0.2, 0.25) is 0 Å². The van der Waals surface area contributed by atoms with Crippen molar-refractivity contribution in [2.75, 3.05) is 0 Å². The molecule has 0 radical (unpaired) electrons. The zero-order chi connectivity index (χ0) is 6.69. The SMILES string of the molecule is C=C=C1C=CNC(=C)N1. The zero-order valence-corrected chi connectivity index (χ0v) is 5.07. The molecule has 2 nitrogen and oxygen atoms in total. The molecule has 0 aromatic rings. The van der Waals surface area contributed by atoms with Crippen molar-refractivity contribution in [1.29, 1.82) is 0 Å². The van der Waals surface area contributed by atoms with Crippen LogP contribution < -0.4 is 10.6 Å². The van der Waals surface area contributed by atoms with Crippen LogP contribution in [0.15, 0.2) is 42.7 Å². The molecule has 0 unspecified atom stereocenters. The third-order valence-corrected chi connectivity index (χ3v) is 0.984. The van der Waals surface area contributed by atoms with Crippen LogP contribution in [0.3, 0.4) is 0 Å². The molecular weight excluding hydrogens is 112 g/mol. The number of hydrogen-bond acceptors (Lipinski definition) is 2. The van der Waals surface area contributed by atoms with E-state index in [1.807, 2.05) is 6.08 Å². The Morgan fingerprint density at radius 2 is 2.33 bits per heavy atom. The fourth-order valence-electron chi connectivity index (χ4n) is 0.569. The first-order valence-corrected chi connectivity index (χ1v) is 2.62. The molecule has 0 bridgehead atoms. The maximum atomic E-state index is 3.65. The third kappa shape index (κ3) is 1.24. The molecule has 1 heterocycles. The molecule has 0 aromatic carbocycles. The summed E-state index contributed by atoms with van der Waals surface area (Å²) in [6.07, 6.45) is 3.62. The molecule has 1 rings (SSSR count). The summed E-state index contributed by atoms with van der Waals surface area (Å²) in [6.45, 7) is 7.12. The smallest absolute Gasteiger partial charge is 0.100 e. The Hall–Kier alpha value is -1.40. The van der Waals surface area contributed by atoms with Gasteiger partial charge in [-0.3, -0.25) is 0 Å². The van der Waals surface area contributed by atoms with Gasteiger partial charge in [0.05, 0.1) is 5.70 Å². The van der Waals surface area contributed by atoms with Crippen molar-refractivity contribution in [3.8, 4) is 0 Å². The largest absolute Gasteiger partial charge is 0.349 e. The molecule has 0 spiro atoms. The second-order valence-electron chi connectivity index (χ2n) is 1.67. The van der Waals surface area contributed by atoms with E-state index in [-0.39, 0.29) is 0 Å². The zero-order valence-electron chi connectivity index (χ0n) is 5.07. The van der Waals surface area contributed by atoms with Gasteiger partial charge in [0.1, 0.15) is 5.82 Å². The van der Waals surface area contributed by atoms with Gasteiger partial charge in [-0.2, -0.15) is 0 Å². The van der Waals surface area contributed by atoms with Gasteiger partial charge < -0.3 is 10.6 Å². The lowest BCUT2D eigenvalue weighted by atomic mass is 10.4. The minimum Gasteiger partial charge on any atom is -0.349 e. The first kappa shape index (κ1) is 5.73. The summed E-state index contributed by atoms with van der Waals surface area (Å²) >= 11 is 0. The van der Waals surface area contributed by atoms with Gasteiger partial charge in [0.15, 0.2) is 0 Å². The van der Waals surface area contributed by atoms with Crippen molar-refractivity contribution in [3.63, 3.8) is 0 Å². The van der Waals surface area contributed by atoms with Crippen molar-refractivity contribution in [3.05, 3.63) is 42.7 Å². The second-order valence-corrected chi connectivity index (χ2v) is 1.67. The molecule has 2 heteroatoms. The average molecular weight is 120 g/mol. The van der Waals surface area contributed by atoms with Gasteiger partial charge >= 0.3 is 0 Å². The van der Waals surface area contributed by atoms with Gasteiger partial charge in [0, 0.05) is 6.20 Å². The topological polar surface area (TPSA) is 24.1 Å². The molecular formula is C7H8N2. The lowest BCUT2D eigenvalue weighted by Gasteiger charge is -2.12. The molecule has 9 heavy (non-hydrogen) atoms. The van der Waals surface area contributed by atoms with Crippen LogP contribution in [-0.2, 0) is 0 Å². The lowest BCUT2D eigenvalue weighted by molar-refractivity contribution is 0.859. The van der Waals surface area contributed by atoms with Crippen molar-refractivity contribution < 1.29 is 0 Å². The standard InChI is InChI=1S/C7H8N2/c1-3-7-4-5-8-6(2)9-7/h4-5,8-9H,1-2H2. The summed E-state index contributed by atoms with van der Waals surface area (Å²) < 4.78 is 0. The summed E-state index contributed by atoms with van der Waals surface area (Å²) in [4.78, 5) is 0. The summed E-state index contributed by atoms with van der Waals surface area (Å²) in [7, 11) is 0. The summed E-state index contributed by atoms with van der Waals surface area (Å²) in [6, 6.07) is 0. The normalized spacial score (nSPS) is 16.0. The molecule has 0 saturated carbocycles. The van der Waals surface area contributed by atoms with Crippen LogP contribution in [0.1, 0.15) is 0 Å². The van der Waals surface area contributed by atoms with E-state index < -0.39 is 0 Å². The van der Waals surface area contributed by atoms with Crippen LogP contribution in [0.25, 0.3) is 0 Å². The van der Waals surface area contributed by atoms with Crippen molar-refractivity contribution in [2.45, 2.75) is 0 Å². The van der Waals surface area contributed by atoms with Crippen LogP contribution in [0.4, 0.5) is 0 Å². The highest BCUT2D eigenvalue weighted by Crippen LogP contribution is 1.96. The highest BCUT2D eigenvalue weighted by molar-refractivity contribution is 5.23. The molecule has 2 N–H and O–H groups in total. The van der Waals surface area contributed by atoms with Crippen LogP contribution >= 0.6 is 0 Å². The second kappa shape index (κ2) is 2.25. The van der Waals surface area contributed by atoms with Gasteiger partial charge in [0.25, 0.3) is 0 Å². The fraction of sp³-hybridized carbons (Fsp3) is 0. The maximum Gasteiger partial charge on any atom is 0.100 e. The molecule has 0 aliphatic carbocycles. The van der Waals surface area contributed by atoms with Gasteiger partial charge in [-0.25, -0.2) is 0 Å². The Morgan fingerprint density at radius 1 is 1.56 bits per heavy atom. The predicted octanol–water partition coefficient (Wildman–Crippen LogP) is 0.833. The van der Waals surface area contributed by atoms with E-state index in [4.69, 9.17) is 0 Å². The molecule has 1 aliphatic rings. The van der Waals surface area contributed by atoms with E-state index in [0.29, 0.717) is 0 Å². The van der Waals surface area contributed by atoms with Gasteiger partial charge in [-0.05, 0) is 6.08 Å². The summed E-state index contributed by atoms with van der Waals surface area (Å²) in [5, 5.41) is 5.79.